The van der Waals surface area contributed by atoms with Gasteiger partial charge in [-0.1, -0.05) is 6.07 Å². The molecule has 27 heavy (non-hydrogen) atoms. The molecule has 0 saturated heterocycles. The van der Waals surface area contributed by atoms with E-state index in [2.05, 4.69) is 0 Å². The van der Waals surface area contributed by atoms with E-state index < -0.39 is 30.1 Å². The average molecular weight is 379 g/mol. The molecule has 0 spiro atoms. The minimum Gasteiger partial charge on any atom is -0.497 e. The summed E-state index contributed by atoms with van der Waals surface area (Å²) < 4.78 is 36.7. The number of carboxylic acid groups (broad SMARTS) is 1. The Morgan fingerprint density at radius 1 is 0.963 bits per heavy atom. The molecule has 2 aromatic rings. The van der Waals surface area contributed by atoms with E-state index in [9.17, 15) is 18.4 Å². The summed E-state index contributed by atoms with van der Waals surface area (Å²) in [5, 5.41) is 9.11. The fourth-order valence-corrected chi connectivity index (χ4v) is 2.51. The Labute approximate surface area is 154 Å². The zero-order valence-electron chi connectivity index (χ0n) is 14.9. The van der Waals surface area contributed by atoms with E-state index in [1.807, 2.05) is 0 Å². The molecule has 1 amide bonds. The van der Waals surface area contributed by atoms with Gasteiger partial charge in [-0.15, -0.1) is 0 Å². The number of hydrogen-bond acceptors (Lipinski definition) is 4. The smallest absolute Gasteiger partial charge is 0.323 e. The number of halogens is 2. The molecule has 0 bridgehead atoms. The number of carbonyl (C=O) groups excluding carboxylic acids is 1. The molecular formula is C19H19F2NO5. The molecule has 2 aromatic carbocycles. The number of rotatable bonds is 8. The average Bonchev–Trinajstić information content (AvgIpc) is 2.63. The molecule has 0 saturated carbocycles. The third kappa shape index (κ3) is 5.67. The Kier molecular flexibility index (Phi) is 6.70. The third-order valence-corrected chi connectivity index (χ3v) is 3.80. The number of hydrogen-bond donors (Lipinski definition) is 1. The van der Waals surface area contributed by atoms with Gasteiger partial charge in [0.1, 0.15) is 18.0 Å². The number of benzene rings is 2. The van der Waals surface area contributed by atoms with Crippen molar-refractivity contribution in [3.05, 3.63) is 59.2 Å². The number of aliphatic carboxylic acids is 1. The largest absolute Gasteiger partial charge is 0.497 e. The minimum absolute atomic E-state index is 0.0115. The molecule has 1 N–H and O–H groups in total. The zero-order chi connectivity index (χ0) is 20.0. The lowest BCUT2D eigenvalue weighted by molar-refractivity contribution is -0.144. The van der Waals surface area contributed by atoms with Crippen LogP contribution in [0.3, 0.4) is 0 Å². The number of carbonyl (C=O) groups is 2. The van der Waals surface area contributed by atoms with Crippen LogP contribution in [0.5, 0.6) is 11.5 Å². The van der Waals surface area contributed by atoms with Crippen molar-refractivity contribution in [2.24, 2.45) is 0 Å². The fraction of sp³-hybridized carbons (Fsp3) is 0.263. The van der Waals surface area contributed by atoms with Gasteiger partial charge in [-0.05, 0) is 35.4 Å². The molecular weight excluding hydrogens is 360 g/mol. The van der Waals surface area contributed by atoms with Crippen LogP contribution in [0.4, 0.5) is 8.78 Å². The molecule has 2 rings (SSSR count). The summed E-state index contributed by atoms with van der Waals surface area (Å²) in [5.41, 5.74) is 0.851. The van der Waals surface area contributed by atoms with E-state index in [-0.39, 0.29) is 18.5 Å². The van der Waals surface area contributed by atoms with Crippen LogP contribution in [0.2, 0.25) is 0 Å². The summed E-state index contributed by atoms with van der Waals surface area (Å²) in [5.74, 6) is -2.83. The van der Waals surface area contributed by atoms with Gasteiger partial charge >= 0.3 is 5.97 Å². The van der Waals surface area contributed by atoms with Crippen LogP contribution >= 0.6 is 0 Å². The number of carboxylic acids is 1. The van der Waals surface area contributed by atoms with Crippen molar-refractivity contribution in [2.45, 2.75) is 13.0 Å². The SMILES string of the molecule is COc1cc(CN(CC(=O)O)C(=O)Cc2ccc(F)c(F)c2)cc(OC)c1. The van der Waals surface area contributed by atoms with Gasteiger partial charge in [-0.25, -0.2) is 8.78 Å². The van der Waals surface area contributed by atoms with Gasteiger partial charge in [0.25, 0.3) is 0 Å². The van der Waals surface area contributed by atoms with E-state index in [0.29, 0.717) is 17.1 Å². The summed E-state index contributed by atoms with van der Waals surface area (Å²) in [6.45, 7) is -0.551. The quantitative estimate of drug-likeness (QED) is 0.763. The first-order chi connectivity index (χ1) is 12.8. The Hall–Kier alpha value is -3.16. The van der Waals surface area contributed by atoms with Crippen LogP contribution in [-0.2, 0) is 22.6 Å². The molecule has 0 aliphatic rings. The summed E-state index contributed by atoms with van der Waals surface area (Å²) in [6, 6.07) is 8.08. The lowest BCUT2D eigenvalue weighted by Gasteiger charge is -2.21. The Bertz CT molecular complexity index is 819. The van der Waals surface area contributed by atoms with E-state index in [1.54, 1.807) is 18.2 Å². The van der Waals surface area contributed by atoms with E-state index in [1.165, 1.54) is 20.3 Å². The minimum atomic E-state index is -1.19. The Balaban J connectivity index is 2.22. The van der Waals surface area contributed by atoms with Gasteiger partial charge in [-0.3, -0.25) is 9.59 Å². The first-order valence-electron chi connectivity index (χ1n) is 7.97. The number of amides is 1. The van der Waals surface area contributed by atoms with Crippen LogP contribution in [-0.4, -0.2) is 42.6 Å². The summed E-state index contributed by atoms with van der Waals surface area (Å²) in [7, 11) is 2.95. The highest BCUT2D eigenvalue weighted by atomic mass is 19.2. The monoisotopic (exact) mass is 379 g/mol. The zero-order valence-corrected chi connectivity index (χ0v) is 14.9. The van der Waals surface area contributed by atoms with Gasteiger partial charge in [0, 0.05) is 12.6 Å². The molecule has 0 unspecified atom stereocenters. The van der Waals surface area contributed by atoms with Crippen LogP contribution in [0, 0.1) is 11.6 Å². The number of methoxy groups -OCH3 is 2. The number of ether oxygens (including phenoxy) is 2. The maximum Gasteiger partial charge on any atom is 0.323 e. The predicted molar refractivity (Wildman–Crippen MR) is 92.7 cm³/mol. The molecule has 144 valence electrons. The van der Waals surface area contributed by atoms with Gasteiger partial charge in [0.05, 0.1) is 20.6 Å². The Morgan fingerprint density at radius 3 is 2.11 bits per heavy atom. The standard InChI is InChI=1S/C19H19F2NO5/c1-26-14-5-13(6-15(9-14)27-2)10-22(11-19(24)25)18(23)8-12-3-4-16(20)17(21)7-12/h3-7,9H,8,10-11H2,1-2H3,(H,24,25). The summed E-state index contributed by atoms with van der Waals surface area (Å²) in [6.07, 6.45) is -0.258. The van der Waals surface area contributed by atoms with Crippen molar-refractivity contribution in [1.82, 2.24) is 4.90 Å². The second-order valence-corrected chi connectivity index (χ2v) is 5.79. The van der Waals surface area contributed by atoms with Crippen LogP contribution in [0.25, 0.3) is 0 Å². The second-order valence-electron chi connectivity index (χ2n) is 5.79. The first-order valence-corrected chi connectivity index (χ1v) is 7.97. The lowest BCUT2D eigenvalue weighted by atomic mass is 10.1. The van der Waals surface area contributed by atoms with Crippen molar-refractivity contribution in [1.29, 1.82) is 0 Å². The predicted octanol–water partition coefficient (Wildman–Crippen LogP) is 2.64. The summed E-state index contributed by atoms with van der Waals surface area (Å²) >= 11 is 0. The molecule has 6 nitrogen and oxygen atoms in total. The molecule has 0 aromatic heterocycles. The van der Waals surface area contributed by atoms with E-state index >= 15 is 0 Å². The van der Waals surface area contributed by atoms with E-state index in [4.69, 9.17) is 14.6 Å². The topological polar surface area (TPSA) is 76.1 Å². The van der Waals surface area contributed by atoms with Crippen molar-refractivity contribution in [3.8, 4) is 11.5 Å². The molecule has 0 atom stereocenters. The van der Waals surface area contributed by atoms with Gasteiger partial charge in [-0.2, -0.15) is 0 Å². The highest BCUT2D eigenvalue weighted by molar-refractivity contribution is 5.83. The van der Waals surface area contributed by atoms with Crippen LogP contribution < -0.4 is 9.47 Å². The third-order valence-electron chi connectivity index (χ3n) is 3.80. The van der Waals surface area contributed by atoms with Gasteiger partial charge < -0.3 is 19.5 Å². The fourth-order valence-electron chi connectivity index (χ4n) is 2.51. The molecule has 0 aliphatic heterocycles. The molecule has 0 aliphatic carbocycles. The lowest BCUT2D eigenvalue weighted by Crippen LogP contribution is -2.36. The van der Waals surface area contributed by atoms with E-state index in [0.717, 1.165) is 17.0 Å². The molecule has 8 heteroatoms. The molecule has 0 heterocycles. The normalized spacial score (nSPS) is 10.4. The molecule has 0 fully saturated rings. The van der Waals surface area contributed by atoms with Crippen molar-refractivity contribution < 1.29 is 33.0 Å². The summed E-state index contributed by atoms with van der Waals surface area (Å²) in [4.78, 5) is 24.8. The maximum absolute atomic E-state index is 13.3. The second kappa shape index (κ2) is 8.98. The van der Waals surface area contributed by atoms with Crippen molar-refractivity contribution >= 4 is 11.9 Å². The first kappa shape index (κ1) is 20.2. The maximum atomic E-state index is 13.3. The molecule has 0 radical (unpaired) electrons. The van der Waals surface area contributed by atoms with Crippen molar-refractivity contribution in [2.75, 3.05) is 20.8 Å². The van der Waals surface area contributed by atoms with Crippen LogP contribution in [0.1, 0.15) is 11.1 Å². The number of nitrogens with zero attached hydrogens (tertiary/aromatic N) is 1. The van der Waals surface area contributed by atoms with Gasteiger partial charge in [0.2, 0.25) is 5.91 Å². The van der Waals surface area contributed by atoms with Gasteiger partial charge in [0.15, 0.2) is 11.6 Å². The van der Waals surface area contributed by atoms with Crippen molar-refractivity contribution in [3.63, 3.8) is 0 Å². The Morgan fingerprint density at radius 2 is 1.59 bits per heavy atom. The highest BCUT2D eigenvalue weighted by Gasteiger charge is 2.19. The van der Waals surface area contributed by atoms with Crippen LogP contribution in [0.15, 0.2) is 36.4 Å². The highest BCUT2D eigenvalue weighted by Crippen LogP contribution is 2.23.